The fourth-order valence-corrected chi connectivity index (χ4v) is 13.9. The number of carbonyl (C=O) groups excluding carboxylic acids is 7. The highest BCUT2D eigenvalue weighted by molar-refractivity contribution is 9.09. The molecule has 0 amide bonds. The van der Waals surface area contributed by atoms with E-state index in [1.54, 1.807) is 0 Å². The van der Waals surface area contributed by atoms with Crippen LogP contribution in [0.4, 0.5) is 0 Å². The molecule has 652 valence electrons. The number of ether oxygens (including phenoxy) is 4. The highest BCUT2D eigenvalue weighted by atomic mass is 79.9. The number of carbonyl (C=O) groups is 11. The smallest absolute Gasteiger partial charge is 0.312 e. The van der Waals surface area contributed by atoms with E-state index in [1.165, 1.54) is 12.8 Å². The van der Waals surface area contributed by atoms with Gasteiger partial charge in [-0.1, -0.05) is 137 Å². The molecule has 0 unspecified atom stereocenters. The first-order valence-electron chi connectivity index (χ1n) is 40.0. The minimum Gasteiger partial charge on any atom is -0.481 e. The zero-order valence-corrected chi connectivity index (χ0v) is 71.3. The molecule has 4 N–H and O–H groups in total. The Hall–Kier alpha value is -3.79. The number of alkyl halides is 3. The molecule has 0 radical (unpaired) electrons. The quantitative estimate of drug-likeness (QED) is 0.0190. The Balaban J connectivity index is -0.000000643. The third-order valence-corrected chi connectivity index (χ3v) is 23.0. The van der Waals surface area contributed by atoms with Gasteiger partial charge < -0.3 is 39.4 Å². The molecule has 19 nitrogen and oxygen atoms in total. The van der Waals surface area contributed by atoms with Crippen LogP contribution < -0.4 is 0 Å². The predicted octanol–water partition coefficient (Wildman–Crippen LogP) is 24.5. The summed E-state index contributed by atoms with van der Waals surface area (Å²) in [5.74, 6) is -1.94. The van der Waals surface area contributed by atoms with E-state index in [2.05, 4.69) is 47.8 Å². The molecule has 8 rings (SSSR count). The molecule has 0 aromatic carbocycles. The zero-order valence-electron chi connectivity index (χ0n) is 66.6. The fourth-order valence-electron chi connectivity index (χ4n) is 12.7. The van der Waals surface area contributed by atoms with Crippen LogP contribution in [0.5, 0.6) is 0 Å². The summed E-state index contributed by atoms with van der Waals surface area (Å²) in [7, 11) is 0. The summed E-state index contributed by atoms with van der Waals surface area (Å²) in [4.78, 5) is 127. The lowest BCUT2D eigenvalue weighted by Crippen LogP contribution is -2.29. The number of aliphatic carboxylic acids is 4. The van der Waals surface area contributed by atoms with Crippen molar-refractivity contribution in [2.75, 3.05) is 16.0 Å². The van der Waals surface area contributed by atoms with Crippen LogP contribution in [0.2, 0.25) is 0 Å². The van der Waals surface area contributed by atoms with E-state index in [0.717, 1.165) is 228 Å². The zero-order chi connectivity index (χ0) is 79.2. The average molecular weight is 1770 g/mol. The molecule has 22 heteroatoms. The molecule has 8 fully saturated rings. The van der Waals surface area contributed by atoms with E-state index in [4.69, 9.17) is 39.4 Å². The molecule has 0 aromatic rings. The maximum Gasteiger partial charge on any atom is 0.312 e. The van der Waals surface area contributed by atoms with Crippen LogP contribution in [0.25, 0.3) is 0 Å². The van der Waals surface area contributed by atoms with Gasteiger partial charge in [-0.2, -0.15) is 0 Å². The van der Waals surface area contributed by atoms with Gasteiger partial charge in [0.05, 0.1) is 43.8 Å². The number of Topliss-reactive ketones (excluding diaryl/α,β-unsaturated/α-hetero) is 3. The van der Waals surface area contributed by atoms with Crippen molar-refractivity contribution in [2.24, 2.45) is 43.8 Å². The van der Waals surface area contributed by atoms with Crippen LogP contribution >= 0.6 is 47.8 Å². The second-order valence-corrected chi connectivity index (χ2v) is 38.5. The molecule has 8 aliphatic carbocycles. The van der Waals surface area contributed by atoms with Crippen molar-refractivity contribution in [1.82, 2.24) is 0 Å². The monoisotopic (exact) mass is 1770 g/mol. The summed E-state index contributed by atoms with van der Waals surface area (Å²) in [6.07, 6.45) is 37.3. The first-order valence-corrected chi connectivity index (χ1v) is 43.3. The summed E-state index contributed by atoms with van der Waals surface area (Å²) >= 11 is 10.1. The standard InChI is InChI=1S/C25H42O5.2C17H26O5.C12H21BrO2.C8H14O2.C4H8Br2.6CH4/c1-22(2,3)29-20(27)24(15-16-24)13-9-7-11-19(26)12-8-10-14-25(17-18-25)21(28)30-23(4,5)6;2*18-13(5-1-3-7-16(9-10-16)14(19)20)6-2-4-8-17(11-12-17)15(21)22;1-11(2,3)15-10(14)12(7-8-12)6-4-5-9-13;1-8(2,3)10-7(9)6-4-5-6;5-3-1-2-4-6;;;;;;/h7-18H2,1-6H3;2*1-12H2,(H,19,20)(H,21,22);4-9H2,1-3H3;6H,4-5H2,1-3H3;1-4H2;6*1H4. The minimum absolute atomic E-state index is 0. The van der Waals surface area contributed by atoms with Crippen molar-refractivity contribution in [1.29, 1.82) is 0 Å². The van der Waals surface area contributed by atoms with Crippen LogP contribution in [0.15, 0.2) is 0 Å². The number of carboxylic acid groups (broad SMARTS) is 4. The highest BCUT2D eigenvalue weighted by Crippen LogP contribution is 2.56. The second kappa shape index (κ2) is 52.1. The van der Waals surface area contributed by atoms with Crippen LogP contribution in [-0.2, 0) is 71.7 Å². The van der Waals surface area contributed by atoms with Gasteiger partial charge >= 0.3 is 47.8 Å². The number of carboxylic acids is 4. The Morgan fingerprint density at radius 3 is 0.577 bits per heavy atom. The third-order valence-electron chi connectivity index (χ3n) is 21.3. The lowest BCUT2D eigenvalue weighted by atomic mass is 9.95. The molecule has 8 saturated carbocycles. The van der Waals surface area contributed by atoms with Crippen LogP contribution in [0.3, 0.4) is 0 Å². The van der Waals surface area contributed by atoms with Crippen molar-refractivity contribution in [3.63, 3.8) is 0 Å². The normalized spacial score (nSPS) is 17.9. The van der Waals surface area contributed by atoms with Crippen molar-refractivity contribution < 1.29 is 92.1 Å². The van der Waals surface area contributed by atoms with Crippen molar-refractivity contribution >= 4 is 113 Å². The summed E-state index contributed by atoms with van der Waals surface area (Å²) in [6, 6.07) is 0. The third kappa shape index (κ3) is 46.7. The highest BCUT2D eigenvalue weighted by Gasteiger charge is 2.55. The Morgan fingerprint density at radius 2 is 0.432 bits per heavy atom. The molecule has 0 aromatic heterocycles. The Bertz CT molecular complexity index is 2560. The van der Waals surface area contributed by atoms with Gasteiger partial charge in [0.1, 0.15) is 39.8 Å². The first-order chi connectivity index (χ1) is 48.9. The summed E-state index contributed by atoms with van der Waals surface area (Å²) in [5.41, 5.74) is -4.10. The van der Waals surface area contributed by atoms with E-state index in [9.17, 15) is 52.7 Å². The van der Waals surface area contributed by atoms with Crippen LogP contribution in [0, 0.1) is 43.8 Å². The Kier molecular flexibility index (Phi) is 53.3. The van der Waals surface area contributed by atoms with E-state index < -0.39 is 56.7 Å². The molecule has 111 heavy (non-hydrogen) atoms. The summed E-state index contributed by atoms with van der Waals surface area (Å²) in [6.45, 7) is 22.9. The number of halogens is 3. The molecular formula is C89H161Br3O19. The van der Waals surface area contributed by atoms with Gasteiger partial charge in [-0.25, -0.2) is 0 Å². The molecule has 0 aliphatic heterocycles. The lowest BCUT2D eigenvalue weighted by Gasteiger charge is -2.23. The van der Waals surface area contributed by atoms with Crippen molar-refractivity contribution in [2.45, 2.75) is 439 Å². The number of unbranched alkanes of at least 4 members (excludes halogenated alkanes) is 8. The molecule has 0 heterocycles. The average Bonchev–Trinajstić information content (AvgIpc) is 1.62. The largest absolute Gasteiger partial charge is 0.481 e. The van der Waals surface area contributed by atoms with Gasteiger partial charge in [-0.3, -0.25) is 52.7 Å². The number of hydrogen-bond donors (Lipinski definition) is 4. The van der Waals surface area contributed by atoms with Gasteiger partial charge in [-0.05, 0) is 289 Å². The molecule has 0 spiro atoms. The summed E-state index contributed by atoms with van der Waals surface area (Å²) in [5, 5.41) is 39.5. The van der Waals surface area contributed by atoms with E-state index in [0.29, 0.717) is 70.0 Å². The summed E-state index contributed by atoms with van der Waals surface area (Å²) < 4.78 is 21.7. The van der Waals surface area contributed by atoms with Gasteiger partial charge in [0, 0.05) is 54.5 Å². The number of rotatable bonds is 45. The molecule has 0 saturated heterocycles. The molecule has 8 aliphatic rings. The van der Waals surface area contributed by atoms with Crippen LogP contribution in [-0.4, -0.2) is 124 Å². The number of esters is 4. The maximum atomic E-state index is 12.3. The van der Waals surface area contributed by atoms with Crippen molar-refractivity contribution in [3.8, 4) is 0 Å². The first kappa shape index (κ1) is 114. The Labute approximate surface area is 699 Å². The van der Waals surface area contributed by atoms with E-state index >= 15 is 0 Å². The molecule has 0 atom stereocenters. The van der Waals surface area contributed by atoms with Gasteiger partial charge in [0.15, 0.2) is 0 Å². The predicted molar refractivity (Wildman–Crippen MR) is 459 cm³/mol. The molecule has 0 bridgehead atoms. The van der Waals surface area contributed by atoms with Crippen LogP contribution in [0.1, 0.15) is 417 Å². The fraction of sp³-hybridized carbons (Fsp3) is 0.876. The SMILES string of the molecule is BrCCCCBr.C.C.C.C.C.C.CC(C)(C)OC(=O)C1(CCCCBr)CC1.CC(C)(C)OC(=O)C1(CCCCC(=O)CCCCC2(C(=O)OC(C)(C)C)CC2)CC1.CC(C)(C)OC(=O)C1CC1.O=C(CCCCC1(C(=O)O)CC1)CCCCC1(C(=O)O)CC1.O=C(CCCCC1(C(=O)O)CC1)CCCCC1(C(=O)O)CC1. The number of ketones is 3. The topological polar surface area (TPSA) is 306 Å². The number of hydrogen-bond acceptors (Lipinski definition) is 15. The lowest BCUT2D eigenvalue weighted by molar-refractivity contribution is -0.163. The maximum absolute atomic E-state index is 12.3. The van der Waals surface area contributed by atoms with E-state index in [-0.39, 0.29) is 113 Å². The van der Waals surface area contributed by atoms with Gasteiger partial charge in [-0.15, -0.1) is 0 Å². The minimum atomic E-state index is -0.689. The van der Waals surface area contributed by atoms with Gasteiger partial charge in [0.25, 0.3) is 0 Å². The van der Waals surface area contributed by atoms with E-state index in [1.807, 2.05) is 83.1 Å². The second-order valence-electron chi connectivity index (χ2n) is 36.1. The molecular weight excluding hydrogens is 1610 g/mol. The van der Waals surface area contributed by atoms with Crippen molar-refractivity contribution in [3.05, 3.63) is 0 Å². The Morgan fingerprint density at radius 1 is 0.270 bits per heavy atom. The van der Waals surface area contributed by atoms with Gasteiger partial charge in [0.2, 0.25) is 0 Å².